The Morgan fingerprint density at radius 3 is 2.50 bits per heavy atom. The molecule has 40 heavy (non-hydrogen) atoms. The first-order valence-corrected chi connectivity index (χ1v) is 13.5. The van der Waals surface area contributed by atoms with Crippen LogP contribution in [-0.4, -0.2) is 69.4 Å². The summed E-state index contributed by atoms with van der Waals surface area (Å²) in [7, 11) is 5.78. The van der Waals surface area contributed by atoms with E-state index in [2.05, 4.69) is 35.9 Å². The summed E-state index contributed by atoms with van der Waals surface area (Å²) in [6.45, 7) is 5.02. The molecule has 1 aliphatic heterocycles. The Hall–Kier alpha value is -3.41. The fraction of sp³-hybridized carbons (Fsp3) is 0.571. The SMILES string of the molecule is Cn1ccc(-c2cc(C(F)(F)F)nn2CC(C)(C)NC(=O)C(CC2=CCC[N+](C)(C)C2)NC(=O)C2CC2)cc1=O. The van der Waals surface area contributed by atoms with E-state index in [-0.39, 0.29) is 35.2 Å². The van der Waals surface area contributed by atoms with E-state index in [1.54, 1.807) is 27.0 Å². The van der Waals surface area contributed by atoms with Gasteiger partial charge in [0.15, 0.2) is 5.69 Å². The second-order valence-corrected chi connectivity index (χ2v) is 12.3. The Kier molecular flexibility index (Phi) is 8.04. The van der Waals surface area contributed by atoms with E-state index in [9.17, 15) is 27.6 Å². The van der Waals surface area contributed by atoms with E-state index in [0.717, 1.165) is 48.5 Å². The number of nitrogens with one attached hydrogen (secondary N) is 2. The van der Waals surface area contributed by atoms with Crippen LogP contribution in [0.15, 0.2) is 40.8 Å². The molecule has 0 aromatic carbocycles. The fourth-order valence-electron chi connectivity index (χ4n) is 5.02. The van der Waals surface area contributed by atoms with Crippen molar-refractivity contribution >= 4 is 11.8 Å². The van der Waals surface area contributed by atoms with E-state index in [1.807, 2.05) is 0 Å². The molecular formula is C28H38F3N6O3+. The molecule has 0 saturated heterocycles. The van der Waals surface area contributed by atoms with Gasteiger partial charge in [0.2, 0.25) is 11.8 Å². The second kappa shape index (κ2) is 10.9. The number of halogens is 3. The molecule has 12 heteroatoms. The number of quaternary nitrogens is 1. The molecule has 3 heterocycles. The summed E-state index contributed by atoms with van der Waals surface area (Å²) < 4.78 is 44.1. The lowest BCUT2D eigenvalue weighted by Gasteiger charge is -2.35. The summed E-state index contributed by atoms with van der Waals surface area (Å²) in [5.74, 6) is -0.645. The molecule has 2 N–H and O–H groups in total. The molecule has 1 atom stereocenters. The van der Waals surface area contributed by atoms with Crippen molar-refractivity contribution in [2.45, 2.75) is 63.8 Å². The molecule has 4 rings (SSSR count). The van der Waals surface area contributed by atoms with Gasteiger partial charge in [-0.3, -0.25) is 19.1 Å². The van der Waals surface area contributed by atoms with Crippen molar-refractivity contribution in [3.05, 3.63) is 52.1 Å². The van der Waals surface area contributed by atoms with Gasteiger partial charge in [-0.1, -0.05) is 6.08 Å². The van der Waals surface area contributed by atoms with Gasteiger partial charge in [0, 0.05) is 43.6 Å². The first-order valence-electron chi connectivity index (χ1n) is 13.5. The van der Waals surface area contributed by atoms with Crippen molar-refractivity contribution < 1.29 is 27.2 Å². The molecule has 0 spiro atoms. The van der Waals surface area contributed by atoms with Gasteiger partial charge in [-0.25, -0.2) is 0 Å². The standard InChI is InChI=1S/C28H37F3N6O3/c1-27(2,17-36-22(15-23(34-36)28(29,30)31)20-10-11-35(3)24(38)14-20)33-26(40)21(32-25(39)19-8-9-19)13-18-7-6-12-37(4,5)16-18/h7,10-11,14-15,19,21H,6,8-9,12-13,16-17H2,1-5H3,(H-,32,33,39,40)/p+1. The van der Waals surface area contributed by atoms with E-state index >= 15 is 0 Å². The van der Waals surface area contributed by atoms with Gasteiger partial charge in [-0.15, -0.1) is 0 Å². The Morgan fingerprint density at radius 1 is 1.20 bits per heavy atom. The lowest BCUT2D eigenvalue weighted by molar-refractivity contribution is -0.887. The normalized spacial score (nSPS) is 18.1. The lowest BCUT2D eigenvalue weighted by atomic mass is 9.98. The van der Waals surface area contributed by atoms with Crippen LogP contribution in [-0.2, 0) is 29.4 Å². The number of likely N-dealkylation sites (N-methyl/N-ethyl adjacent to an activating group) is 1. The molecule has 218 valence electrons. The van der Waals surface area contributed by atoms with Crippen LogP contribution < -0.4 is 16.2 Å². The molecule has 1 unspecified atom stereocenters. The largest absolute Gasteiger partial charge is 0.435 e. The minimum absolute atomic E-state index is 0.0816. The van der Waals surface area contributed by atoms with E-state index in [4.69, 9.17) is 0 Å². The Bertz CT molecular complexity index is 1370. The number of carbonyl (C=O) groups is 2. The first-order chi connectivity index (χ1) is 18.5. The highest BCUT2D eigenvalue weighted by Gasteiger charge is 2.38. The predicted octanol–water partition coefficient (Wildman–Crippen LogP) is 2.85. The number of pyridine rings is 1. The van der Waals surface area contributed by atoms with Gasteiger partial charge in [-0.05, 0) is 44.4 Å². The van der Waals surface area contributed by atoms with E-state index < -0.39 is 29.4 Å². The number of carbonyl (C=O) groups excluding carboxylic acids is 2. The summed E-state index contributed by atoms with van der Waals surface area (Å²) in [5.41, 5.74) is -1.03. The third-order valence-electron chi connectivity index (χ3n) is 7.32. The van der Waals surface area contributed by atoms with Gasteiger partial charge in [0.25, 0.3) is 5.56 Å². The topological polar surface area (TPSA) is 98.0 Å². The van der Waals surface area contributed by atoms with Crippen LogP contribution in [0.4, 0.5) is 13.2 Å². The first kappa shape index (κ1) is 29.6. The molecular weight excluding hydrogens is 525 g/mol. The molecule has 2 aromatic heterocycles. The van der Waals surface area contributed by atoms with Crippen molar-refractivity contribution in [1.82, 2.24) is 25.0 Å². The zero-order valence-corrected chi connectivity index (χ0v) is 23.6. The highest BCUT2D eigenvalue weighted by Crippen LogP contribution is 2.32. The molecule has 9 nitrogen and oxygen atoms in total. The predicted molar refractivity (Wildman–Crippen MR) is 144 cm³/mol. The summed E-state index contributed by atoms with van der Waals surface area (Å²) in [4.78, 5) is 38.4. The maximum atomic E-state index is 13.6. The smallest absolute Gasteiger partial charge is 0.348 e. The van der Waals surface area contributed by atoms with Crippen molar-refractivity contribution in [3.8, 4) is 11.3 Å². The van der Waals surface area contributed by atoms with E-state index in [0.29, 0.717) is 6.42 Å². The van der Waals surface area contributed by atoms with Crippen LogP contribution in [0.5, 0.6) is 0 Å². The van der Waals surface area contributed by atoms with Crippen LogP contribution >= 0.6 is 0 Å². The maximum absolute atomic E-state index is 13.6. The summed E-state index contributed by atoms with van der Waals surface area (Å²) in [5, 5.41) is 9.63. The van der Waals surface area contributed by atoms with Crippen molar-refractivity contribution in [2.75, 3.05) is 27.2 Å². The van der Waals surface area contributed by atoms with Gasteiger partial charge in [-0.2, -0.15) is 18.3 Å². The third-order valence-corrected chi connectivity index (χ3v) is 7.32. The minimum atomic E-state index is -4.69. The van der Waals surface area contributed by atoms with Gasteiger partial charge < -0.3 is 19.7 Å². The van der Waals surface area contributed by atoms with E-state index in [1.165, 1.54) is 21.5 Å². The summed E-state index contributed by atoms with van der Waals surface area (Å²) in [6.07, 6.45) is 1.74. The van der Waals surface area contributed by atoms with Crippen LogP contribution in [0.25, 0.3) is 11.3 Å². The van der Waals surface area contributed by atoms with Crippen LogP contribution in [0.3, 0.4) is 0 Å². The molecule has 1 aliphatic carbocycles. The Labute approximate surface area is 231 Å². The minimum Gasteiger partial charge on any atom is -0.348 e. The fourth-order valence-corrected chi connectivity index (χ4v) is 5.02. The van der Waals surface area contributed by atoms with Crippen molar-refractivity contribution in [1.29, 1.82) is 0 Å². The molecule has 2 aromatic rings. The summed E-state index contributed by atoms with van der Waals surface area (Å²) >= 11 is 0. The number of amides is 2. The van der Waals surface area contributed by atoms with Crippen LogP contribution in [0.1, 0.15) is 45.2 Å². The number of hydrogen-bond acceptors (Lipinski definition) is 4. The average Bonchev–Trinajstić information content (AvgIpc) is 3.59. The third kappa shape index (κ3) is 7.41. The molecule has 1 saturated carbocycles. The van der Waals surface area contributed by atoms with Crippen molar-refractivity contribution in [3.63, 3.8) is 0 Å². The lowest BCUT2D eigenvalue weighted by Crippen LogP contribution is -2.55. The van der Waals surface area contributed by atoms with Crippen LogP contribution in [0.2, 0.25) is 0 Å². The molecule has 1 fully saturated rings. The quantitative estimate of drug-likeness (QED) is 0.362. The zero-order valence-electron chi connectivity index (χ0n) is 23.6. The Balaban J connectivity index is 1.57. The number of aryl methyl sites for hydroxylation is 1. The molecule has 0 bridgehead atoms. The number of alkyl halides is 3. The maximum Gasteiger partial charge on any atom is 0.435 e. The zero-order chi connectivity index (χ0) is 29.5. The average molecular weight is 564 g/mol. The molecule has 2 aliphatic rings. The van der Waals surface area contributed by atoms with Crippen LogP contribution in [0, 0.1) is 5.92 Å². The monoisotopic (exact) mass is 563 g/mol. The number of aromatic nitrogens is 3. The van der Waals surface area contributed by atoms with Gasteiger partial charge >= 0.3 is 6.18 Å². The van der Waals surface area contributed by atoms with Gasteiger partial charge in [0.05, 0.1) is 45.0 Å². The Morgan fingerprint density at radius 2 is 1.90 bits per heavy atom. The summed E-state index contributed by atoms with van der Waals surface area (Å²) in [6, 6.07) is 2.89. The van der Waals surface area contributed by atoms with Gasteiger partial charge in [0.1, 0.15) is 6.04 Å². The number of hydrogen-bond donors (Lipinski definition) is 2. The molecule has 0 radical (unpaired) electrons. The number of rotatable bonds is 9. The highest BCUT2D eigenvalue weighted by atomic mass is 19.4. The number of nitrogens with zero attached hydrogens (tertiary/aromatic N) is 4. The molecule has 2 amide bonds. The van der Waals surface area contributed by atoms with Crippen molar-refractivity contribution in [2.24, 2.45) is 13.0 Å². The highest BCUT2D eigenvalue weighted by molar-refractivity contribution is 5.89. The second-order valence-electron chi connectivity index (χ2n) is 12.3.